The van der Waals surface area contributed by atoms with Crippen LogP contribution < -0.4 is 11.1 Å². The normalized spacial score (nSPS) is 25.5. The Morgan fingerprint density at radius 2 is 1.93 bits per heavy atom. The molecule has 3 aliphatic rings. The molecule has 0 radical (unpaired) electrons. The van der Waals surface area contributed by atoms with Crippen LogP contribution in [-0.2, 0) is 15.1 Å². The van der Waals surface area contributed by atoms with Crippen molar-refractivity contribution in [2.24, 2.45) is 11.7 Å². The van der Waals surface area contributed by atoms with Gasteiger partial charge in [0.15, 0.2) is 0 Å². The minimum atomic E-state index is -1.29. The van der Waals surface area contributed by atoms with Crippen LogP contribution in [0.4, 0.5) is 10.1 Å². The average Bonchev–Trinajstić information content (AvgIpc) is 3.72. The number of likely N-dealkylation sites (tertiary alicyclic amines) is 1. The summed E-state index contributed by atoms with van der Waals surface area (Å²) in [6.07, 6.45) is 2.02. The molecule has 4 N–H and O–H groups in total. The van der Waals surface area contributed by atoms with Gasteiger partial charge in [0.1, 0.15) is 11.4 Å². The Morgan fingerprint density at radius 3 is 2.63 bits per heavy atom. The Bertz CT molecular complexity index is 1550. The molecule has 10 heteroatoms. The number of carbonyl (C=O) groups is 2. The van der Waals surface area contributed by atoms with Gasteiger partial charge < -0.3 is 20.9 Å². The number of nitrogens with zero attached hydrogens (tertiary/aromatic N) is 1. The van der Waals surface area contributed by atoms with Gasteiger partial charge in [-0.3, -0.25) is 9.69 Å². The number of esters is 1. The van der Waals surface area contributed by atoms with Gasteiger partial charge in [-0.25, -0.2) is 9.18 Å². The number of ether oxygens (including phenoxy) is 1. The maximum Gasteiger partial charge on any atom is 0.338 e. The first-order valence-electron chi connectivity index (χ1n) is 14.7. The van der Waals surface area contributed by atoms with Crippen LogP contribution in [-0.4, -0.2) is 47.1 Å². The summed E-state index contributed by atoms with van der Waals surface area (Å²) in [4.78, 5) is 28.5. The van der Waals surface area contributed by atoms with Gasteiger partial charge in [-0.1, -0.05) is 53.5 Å². The number of anilines is 1. The van der Waals surface area contributed by atoms with Crippen LogP contribution in [0, 0.1) is 11.7 Å². The van der Waals surface area contributed by atoms with E-state index in [-0.39, 0.29) is 29.1 Å². The molecule has 0 unspecified atom stereocenters. The Morgan fingerprint density at radius 1 is 1.19 bits per heavy atom. The van der Waals surface area contributed by atoms with Crippen LogP contribution in [0.3, 0.4) is 0 Å². The van der Waals surface area contributed by atoms with Crippen LogP contribution in [0.15, 0.2) is 60.7 Å². The first kappa shape index (κ1) is 30.0. The lowest BCUT2D eigenvalue weighted by atomic mass is 9.73. The zero-order valence-electron chi connectivity index (χ0n) is 23.7. The second kappa shape index (κ2) is 11.8. The number of benzene rings is 3. The number of nitrogens with two attached hydrogens (primary N) is 1. The number of nitrogens with one attached hydrogen (secondary N) is 1. The standard InChI is InChI=1S/C33H34Cl2FN3O4/c1-2-43-31(41)20-10-8-19(9-11-20)27(40)15-14-26-30(37)28(22-4-3-5-24(35)29(22)36)33(39(26)17-18-6-7-18)23-13-12-21(34)16-25(23)38-32(33)42/h3-5,8-13,16,18,26-28,30,40H,2,6-7,14-15,17,37H2,1H3,(H,38,42)/t26-,27-,28-,30+,33+/m0/s1. The lowest BCUT2D eigenvalue weighted by Gasteiger charge is -2.40. The Labute approximate surface area is 260 Å². The summed E-state index contributed by atoms with van der Waals surface area (Å²) in [7, 11) is 0. The van der Waals surface area contributed by atoms with Crippen LogP contribution in [0.5, 0.6) is 0 Å². The van der Waals surface area contributed by atoms with Gasteiger partial charge in [-0.15, -0.1) is 0 Å². The summed E-state index contributed by atoms with van der Waals surface area (Å²) in [5.41, 5.74) is 8.43. The lowest BCUT2D eigenvalue weighted by molar-refractivity contribution is -0.128. The summed E-state index contributed by atoms with van der Waals surface area (Å²) < 4.78 is 20.9. The summed E-state index contributed by atoms with van der Waals surface area (Å²) in [5, 5.41) is 14.7. The van der Waals surface area contributed by atoms with Gasteiger partial charge in [-0.05, 0) is 80.0 Å². The van der Waals surface area contributed by atoms with Crippen molar-refractivity contribution >= 4 is 40.8 Å². The fourth-order valence-electron chi connectivity index (χ4n) is 6.99. The quantitative estimate of drug-likeness (QED) is 0.245. The van der Waals surface area contributed by atoms with Gasteiger partial charge >= 0.3 is 5.97 Å². The third-order valence-electron chi connectivity index (χ3n) is 9.13. The summed E-state index contributed by atoms with van der Waals surface area (Å²) >= 11 is 12.6. The molecule has 0 bridgehead atoms. The number of rotatable bonds is 9. The van der Waals surface area contributed by atoms with Gasteiger partial charge in [0.25, 0.3) is 0 Å². The number of aliphatic hydroxyl groups is 1. The first-order valence-corrected chi connectivity index (χ1v) is 15.4. The molecule has 1 amide bonds. The average molecular weight is 627 g/mol. The molecule has 2 fully saturated rings. The van der Waals surface area contributed by atoms with E-state index in [2.05, 4.69) is 10.2 Å². The Balaban J connectivity index is 1.38. The van der Waals surface area contributed by atoms with E-state index in [4.69, 9.17) is 33.7 Å². The van der Waals surface area contributed by atoms with Gasteiger partial charge in [-0.2, -0.15) is 0 Å². The first-order chi connectivity index (χ1) is 20.7. The number of hydrogen-bond acceptors (Lipinski definition) is 6. The number of carbonyl (C=O) groups excluding carboxylic acids is 2. The molecule has 7 nitrogen and oxygen atoms in total. The number of fused-ring (bicyclic) bond motifs is 2. The van der Waals surface area contributed by atoms with E-state index in [1.807, 2.05) is 6.07 Å². The SMILES string of the molecule is CCOC(=O)c1ccc([C@@H](O)CC[C@H]2[C@@H](N)[C@H](c3cccc(Cl)c3F)[C@]3(C(=O)Nc4cc(Cl)ccc43)N2CC2CC2)cc1. The van der Waals surface area contributed by atoms with Gasteiger partial charge in [0.05, 0.1) is 23.3 Å². The molecule has 0 aromatic heterocycles. The second-order valence-electron chi connectivity index (χ2n) is 11.7. The van der Waals surface area contributed by atoms with Crippen molar-refractivity contribution in [3.63, 3.8) is 0 Å². The van der Waals surface area contributed by atoms with E-state index in [0.717, 1.165) is 12.8 Å². The molecule has 1 aliphatic carbocycles. The van der Waals surface area contributed by atoms with Crippen molar-refractivity contribution in [1.29, 1.82) is 0 Å². The maximum absolute atomic E-state index is 15.8. The minimum absolute atomic E-state index is 0.0338. The number of hydrogen-bond donors (Lipinski definition) is 3. The van der Waals surface area contributed by atoms with E-state index in [1.165, 1.54) is 6.07 Å². The molecule has 1 saturated heterocycles. The predicted octanol–water partition coefficient (Wildman–Crippen LogP) is 6.18. The van der Waals surface area contributed by atoms with E-state index in [0.29, 0.717) is 52.7 Å². The third-order valence-corrected chi connectivity index (χ3v) is 9.66. The third kappa shape index (κ3) is 5.23. The highest BCUT2D eigenvalue weighted by Gasteiger charge is 2.66. The van der Waals surface area contributed by atoms with E-state index >= 15 is 4.39 Å². The fourth-order valence-corrected chi connectivity index (χ4v) is 7.34. The van der Waals surface area contributed by atoms with E-state index < -0.39 is 35.4 Å². The largest absolute Gasteiger partial charge is 0.462 e. The molecule has 3 aromatic carbocycles. The molecular formula is C33H34Cl2FN3O4. The molecule has 2 aliphatic heterocycles. The van der Waals surface area contributed by atoms with Crippen molar-refractivity contribution in [1.82, 2.24) is 4.90 Å². The Hall–Kier alpha value is -3.01. The number of halogens is 3. The number of amides is 1. The summed E-state index contributed by atoms with van der Waals surface area (Å²) in [6.45, 7) is 2.63. The molecule has 1 saturated carbocycles. The van der Waals surface area contributed by atoms with Crippen molar-refractivity contribution in [2.45, 2.75) is 62.3 Å². The smallest absolute Gasteiger partial charge is 0.338 e. The topological polar surface area (TPSA) is 105 Å². The fraction of sp³-hybridized carbons (Fsp3) is 0.394. The van der Waals surface area contributed by atoms with Crippen LogP contribution in [0.2, 0.25) is 10.0 Å². The van der Waals surface area contributed by atoms with Gasteiger partial charge in [0.2, 0.25) is 5.91 Å². The van der Waals surface area contributed by atoms with Crippen molar-refractivity contribution in [3.8, 4) is 0 Å². The monoisotopic (exact) mass is 625 g/mol. The molecule has 2 heterocycles. The highest BCUT2D eigenvalue weighted by atomic mass is 35.5. The van der Waals surface area contributed by atoms with Crippen molar-refractivity contribution in [3.05, 3.63) is 98.8 Å². The lowest BCUT2D eigenvalue weighted by Crippen LogP contribution is -2.52. The second-order valence-corrected chi connectivity index (χ2v) is 12.6. The number of aliphatic hydroxyl groups excluding tert-OH is 1. The Kier molecular flexibility index (Phi) is 8.26. The van der Waals surface area contributed by atoms with E-state index in [1.54, 1.807) is 55.5 Å². The predicted molar refractivity (Wildman–Crippen MR) is 164 cm³/mol. The minimum Gasteiger partial charge on any atom is -0.462 e. The van der Waals surface area contributed by atoms with Crippen molar-refractivity contribution < 1.29 is 23.8 Å². The highest BCUT2D eigenvalue weighted by Crippen LogP contribution is 2.58. The van der Waals surface area contributed by atoms with Crippen LogP contribution >= 0.6 is 23.2 Å². The molecule has 43 heavy (non-hydrogen) atoms. The zero-order chi connectivity index (χ0) is 30.5. The molecule has 6 rings (SSSR count). The molecule has 1 spiro atoms. The van der Waals surface area contributed by atoms with Crippen LogP contribution in [0.1, 0.15) is 71.7 Å². The molecule has 226 valence electrons. The van der Waals surface area contributed by atoms with Crippen molar-refractivity contribution in [2.75, 3.05) is 18.5 Å². The van der Waals surface area contributed by atoms with Gasteiger partial charge in [0, 0.05) is 40.8 Å². The van der Waals surface area contributed by atoms with Crippen LogP contribution in [0.25, 0.3) is 0 Å². The highest BCUT2D eigenvalue weighted by molar-refractivity contribution is 6.31. The zero-order valence-corrected chi connectivity index (χ0v) is 25.2. The molecular weight excluding hydrogens is 592 g/mol. The molecule has 5 atom stereocenters. The maximum atomic E-state index is 15.8. The molecule has 3 aromatic rings. The summed E-state index contributed by atoms with van der Waals surface area (Å²) in [5.74, 6) is -1.65. The van der Waals surface area contributed by atoms with E-state index in [9.17, 15) is 14.7 Å². The summed E-state index contributed by atoms with van der Waals surface area (Å²) in [6, 6.07) is 15.8.